The Kier molecular flexibility index (Phi) is 5.83. The third-order valence-corrected chi connectivity index (χ3v) is 5.84. The first-order chi connectivity index (χ1) is 13.3. The van der Waals surface area contributed by atoms with Crippen LogP contribution in [-0.2, 0) is 18.3 Å². The average molecular weight is 405 g/mol. The number of hydrogen-bond donors (Lipinski definition) is 1. The maximum Gasteiger partial charge on any atom is 0.296 e. The molecule has 1 aromatic heterocycles. The van der Waals surface area contributed by atoms with Gasteiger partial charge in [-0.25, -0.2) is 9.37 Å². The molecule has 1 saturated heterocycles. The Balaban J connectivity index is 1.89. The molecule has 148 valence electrons. The van der Waals surface area contributed by atoms with E-state index in [9.17, 15) is 23.9 Å². The summed E-state index contributed by atoms with van der Waals surface area (Å²) >= 11 is 1.45. The van der Waals surface area contributed by atoms with Crippen molar-refractivity contribution in [2.75, 3.05) is 12.3 Å². The third kappa shape index (κ3) is 3.94. The number of Topliss-reactive ketones (excluding diaryl/α,β-unsaturated/α-hetero) is 1. The topological polar surface area (TPSA) is 92.5 Å². The fourth-order valence-electron chi connectivity index (χ4n) is 3.06. The normalized spacial score (nSPS) is 16.4. The number of ketones is 1. The summed E-state index contributed by atoms with van der Waals surface area (Å²) in [5.41, 5.74) is -0.269. The van der Waals surface area contributed by atoms with Crippen molar-refractivity contribution in [3.63, 3.8) is 0 Å². The van der Waals surface area contributed by atoms with Gasteiger partial charge in [-0.05, 0) is 24.1 Å². The maximum atomic E-state index is 13.0. The smallest absolute Gasteiger partial charge is 0.296 e. The van der Waals surface area contributed by atoms with E-state index in [1.165, 1.54) is 42.4 Å². The van der Waals surface area contributed by atoms with E-state index >= 15 is 0 Å². The molecule has 1 fully saturated rings. The van der Waals surface area contributed by atoms with Gasteiger partial charge in [-0.1, -0.05) is 12.1 Å². The van der Waals surface area contributed by atoms with Crippen molar-refractivity contribution in [3.8, 4) is 5.75 Å². The minimum absolute atomic E-state index is 0.00698. The van der Waals surface area contributed by atoms with Gasteiger partial charge >= 0.3 is 0 Å². The molecule has 1 amide bonds. The molecular weight excluding hydrogens is 385 g/mol. The maximum absolute atomic E-state index is 13.0. The second-order valence-corrected chi connectivity index (χ2v) is 7.70. The Labute approximate surface area is 165 Å². The molecule has 0 bridgehead atoms. The average Bonchev–Trinajstić information content (AvgIpc) is 3.15. The lowest BCUT2D eigenvalue weighted by atomic mass is 10.1. The molecule has 0 radical (unpaired) electrons. The number of carbonyl (C=O) groups excluding carboxylic acids is 2. The Morgan fingerprint density at radius 3 is 2.64 bits per heavy atom. The molecule has 1 aliphatic heterocycles. The van der Waals surface area contributed by atoms with Gasteiger partial charge in [0.1, 0.15) is 17.0 Å². The molecule has 1 unspecified atom stereocenters. The number of carbonyl (C=O) groups is 2. The van der Waals surface area contributed by atoms with E-state index < -0.39 is 22.5 Å². The number of thioether (sulfide) groups is 1. The Morgan fingerprint density at radius 1 is 1.32 bits per heavy atom. The van der Waals surface area contributed by atoms with Crippen LogP contribution < -0.4 is 5.56 Å². The predicted octanol–water partition coefficient (Wildman–Crippen LogP) is 2.03. The molecule has 1 atom stereocenters. The number of nitrogens with zero attached hydrogens (tertiary/aromatic N) is 3. The van der Waals surface area contributed by atoms with E-state index in [0.717, 1.165) is 5.56 Å². The zero-order valence-corrected chi connectivity index (χ0v) is 16.3. The SMILES string of the molecule is CC(=O)N1CCSC1c1nc(C(=O)CCc2ccc(F)cc2)c(O)c(=O)n1C. The number of aryl methyl sites for hydroxylation is 1. The highest BCUT2D eigenvalue weighted by Crippen LogP contribution is 2.36. The van der Waals surface area contributed by atoms with Gasteiger partial charge in [-0.3, -0.25) is 19.0 Å². The number of rotatable bonds is 5. The molecular formula is C19H20FN3O4S. The first-order valence-corrected chi connectivity index (χ1v) is 9.80. The number of hydrogen-bond acceptors (Lipinski definition) is 6. The lowest BCUT2D eigenvalue weighted by molar-refractivity contribution is -0.129. The zero-order valence-electron chi connectivity index (χ0n) is 15.5. The number of aromatic nitrogens is 2. The van der Waals surface area contributed by atoms with Crippen LogP contribution in [0.3, 0.4) is 0 Å². The lowest BCUT2D eigenvalue weighted by Crippen LogP contribution is -2.33. The highest BCUT2D eigenvalue weighted by Gasteiger charge is 2.33. The van der Waals surface area contributed by atoms with Crippen LogP contribution in [0.15, 0.2) is 29.1 Å². The van der Waals surface area contributed by atoms with Crippen LogP contribution in [0.2, 0.25) is 0 Å². The molecule has 0 aliphatic carbocycles. The molecule has 1 aliphatic rings. The second kappa shape index (κ2) is 8.14. The van der Waals surface area contributed by atoms with Crippen LogP contribution in [-0.4, -0.2) is 43.5 Å². The highest BCUT2D eigenvalue weighted by molar-refractivity contribution is 7.99. The molecule has 0 saturated carbocycles. The molecule has 2 aromatic rings. The van der Waals surface area contributed by atoms with Crippen molar-refractivity contribution in [2.24, 2.45) is 7.05 Å². The van der Waals surface area contributed by atoms with Crippen molar-refractivity contribution in [1.29, 1.82) is 0 Å². The fourth-order valence-corrected chi connectivity index (χ4v) is 4.37. The van der Waals surface area contributed by atoms with Crippen molar-refractivity contribution < 1.29 is 19.1 Å². The lowest BCUT2D eigenvalue weighted by Gasteiger charge is -2.23. The summed E-state index contributed by atoms with van der Waals surface area (Å²) in [6.07, 6.45) is 0.329. The molecule has 2 heterocycles. The van der Waals surface area contributed by atoms with E-state index in [-0.39, 0.29) is 29.7 Å². The number of benzene rings is 1. The summed E-state index contributed by atoms with van der Waals surface area (Å²) in [5.74, 6) is -0.762. The van der Waals surface area contributed by atoms with Gasteiger partial charge in [0.25, 0.3) is 5.56 Å². The Hall–Kier alpha value is -2.68. The Morgan fingerprint density at radius 2 is 2.00 bits per heavy atom. The Bertz CT molecular complexity index is 974. The number of amides is 1. The third-order valence-electron chi connectivity index (χ3n) is 4.64. The summed E-state index contributed by atoms with van der Waals surface area (Å²) in [4.78, 5) is 42.7. The molecule has 1 aromatic carbocycles. The minimum atomic E-state index is -0.730. The van der Waals surface area contributed by atoms with Crippen LogP contribution in [0.1, 0.15) is 40.6 Å². The van der Waals surface area contributed by atoms with E-state index in [0.29, 0.717) is 18.7 Å². The minimum Gasteiger partial charge on any atom is -0.501 e. The van der Waals surface area contributed by atoms with Gasteiger partial charge in [-0.15, -0.1) is 11.8 Å². The van der Waals surface area contributed by atoms with Crippen molar-refractivity contribution in [1.82, 2.24) is 14.5 Å². The van der Waals surface area contributed by atoms with Gasteiger partial charge in [0, 0.05) is 32.7 Å². The number of aromatic hydroxyl groups is 1. The number of halogens is 1. The van der Waals surface area contributed by atoms with Gasteiger partial charge in [0.05, 0.1) is 0 Å². The van der Waals surface area contributed by atoms with E-state index in [1.54, 1.807) is 17.0 Å². The molecule has 28 heavy (non-hydrogen) atoms. The molecule has 3 rings (SSSR count). The first-order valence-electron chi connectivity index (χ1n) is 8.76. The first kappa shape index (κ1) is 20.1. The molecule has 7 nitrogen and oxygen atoms in total. The summed E-state index contributed by atoms with van der Waals surface area (Å²) in [6.45, 7) is 1.96. The van der Waals surface area contributed by atoms with Crippen LogP contribution in [0.5, 0.6) is 5.75 Å². The van der Waals surface area contributed by atoms with Crippen LogP contribution in [0.25, 0.3) is 0 Å². The van der Waals surface area contributed by atoms with Gasteiger partial charge in [0.15, 0.2) is 11.5 Å². The van der Waals surface area contributed by atoms with E-state index in [1.807, 2.05) is 0 Å². The summed E-state index contributed by atoms with van der Waals surface area (Å²) < 4.78 is 14.2. The van der Waals surface area contributed by atoms with E-state index in [4.69, 9.17) is 0 Å². The summed E-state index contributed by atoms with van der Waals surface area (Å²) in [7, 11) is 1.45. The van der Waals surface area contributed by atoms with Crippen LogP contribution in [0, 0.1) is 5.82 Å². The monoisotopic (exact) mass is 405 g/mol. The summed E-state index contributed by atoms with van der Waals surface area (Å²) in [6, 6.07) is 5.76. The van der Waals surface area contributed by atoms with Crippen molar-refractivity contribution >= 4 is 23.5 Å². The van der Waals surface area contributed by atoms with E-state index in [2.05, 4.69) is 4.98 Å². The molecule has 0 spiro atoms. The molecule has 1 N–H and O–H groups in total. The molecule has 9 heteroatoms. The summed E-state index contributed by atoms with van der Waals surface area (Å²) in [5, 5.41) is 9.68. The van der Waals surface area contributed by atoms with Gasteiger partial charge in [0.2, 0.25) is 11.7 Å². The van der Waals surface area contributed by atoms with Gasteiger partial charge < -0.3 is 10.0 Å². The van der Waals surface area contributed by atoms with Crippen molar-refractivity contribution in [2.45, 2.75) is 25.1 Å². The second-order valence-electron chi connectivity index (χ2n) is 6.52. The van der Waals surface area contributed by atoms with Gasteiger partial charge in [-0.2, -0.15) is 0 Å². The standard InChI is InChI=1S/C19H20FN3O4S/c1-11(24)23-9-10-28-19(23)17-21-15(16(26)18(27)22(17)2)14(25)8-5-12-3-6-13(20)7-4-12/h3-4,6-7,19,26H,5,8-10H2,1-2H3. The zero-order chi connectivity index (χ0) is 20.4. The quantitative estimate of drug-likeness (QED) is 0.766. The van der Waals surface area contributed by atoms with Crippen LogP contribution in [0.4, 0.5) is 4.39 Å². The predicted molar refractivity (Wildman–Crippen MR) is 103 cm³/mol. The fraction of sp³-hybridized carbons (Fsp3) is 0.368. The highest BCUT2D eigenvalue weighted by atomic mass is 32.2. The largest absolute Gasteiger partial charge is 0.501 e. The van der Waals surface area contributed by atoms with Crippen molar-refractivity contribution in [3.05, 3.63) is 57.5 Å². The van der Waals surface area contributed by atoms with Crippen LogP contribution >= 0.6 is 11.8 Å².